The van der Waals surface area contributed by atoms with Gasteiger partial charge in [-0.1, -0.05) is 18.2 Å². The van der Waals surface area contributed by atoms with Crippen LogP contribution in [0.1, 0.15) is 13.3 Å². The van der Waals surface area contributed by atoms with E-state index in [0.29, 0.717) is 38.2 Å². The third-order valence-corrected chi connectivity index (χ3v) is 4.23. The van der Waals surface area contributed by atoms with E-state index in [1.807, 2.05) is 24.3 Å². The van der Waals surface area contributed by atoms with Crippen LogP contribution in [0.3, 0.4) is 0 Å². The number of benzene rings is 1. The van der Waals surface area contributed by atoms with Gasteiger partial charge in [-0.15, -0.1) is 0 Å². The van der Waals surface area contributed by atoms with Crippen molar-refractivity contribution in [3.8, 4) is 0 Å². The number of hydrogen-bond acceptors (Lipinski definition) is 5. The third-order valence-electron chi connectivity index (χ3n) is 4.23. The van der Waals surface area contributed by atoms with E-state index in [9.17, 15) is 9.59 Å². The molecule has 0 aliphatic carbocycles. The monoisotopic (exact) mass is 330 g/mol. The minimum Gasteiger partial charge on any atom is -0.450 e. The number of carbonyl (C=O) groups excluding carboxylic acids is 1. The van der Waals surface area contributed by atoms with Gasteiger partial charge in [0.15, 0.2) is 0 Å². The van der Waals surface area contributed by atoms with E-state index in [1.165, 1.54) is 4.68 Å². The number of amides is 1. The summed E-state index contributed by atoms with van der Waals surface area (Å²) < 4.78 is 6.49. The summed E-state index contributed by atoms with van der Waals surface area (Å²) in [6.45, 7) is 4.66. The Kier molecular flexibility index (Phi) is 5.10. The molecule has 7 nitrogen and oxygen atoms in total. The summed E-state index contributed by atoms with van der Waals surface area (Å²) >= 11 is 0. The van der Waals surface area contributed by atoms with E-state index in [-0.39, 0.29) is 17.7 Å². The van der Waals surface area contributed by atoms with E-state index in [1.54, 1.807) is 18.0 Å². The molecular weight excluding hydrogens is 308 g/mol. The van der Waals surface area contributed by atoms with Crippen LogP contribution in [0.25, 0.3) is 10.8 Å². The molecule has 7 heteroatoms. The average molecular weight is 330 g/mol. The highest BCUT2D eigenvalue weighted by atomic mass is 16.6. The minimum atomic E-state index is -0.255. The lowest BCUT2D eigenvalue weighted by atomic mass is 10.2. The number of nitrogens with one attached hydrogen (secondary N) is 1. The summed E-state index contributed by atoms with van der Waals surface area (Å²) in [4.78, 5) is 25.8. The van der Waals surface area contributed by atoms with Gasteiger partial charge in [-0.3, -0.25) is 4.79 Å². The zero-order chi connectivity index (χ0) is 16.9. The van der Waals surface area contributed by atoms with E-state index in [2.05, 4.69) is 10.4 Å². The Morgan fingerprint density at radius 1 is 1.42 bits per heavy atom. The molecule has 1 amide bonds. The zero-order valence-electron chi connectivity index (χ0n) is 13.8. The van der Waals surface area contributed by atoms with Gasteiger partial charge in [0.1, 0.15) is 0 Å². The topological polar surface area (TPSA) is 76.5 Å². The maximum Gasteiger partial charge on any atom is 0.409 e. The highest BCUT2D eigenvalue weighted by Gasteiger charge is 2.26. The summed E-state index contributed by atoms with van der Waals surface area (Å²) in [5.74, 6) is 0. The second-order valence-electron chi connectivity index (χ2n) is 5.84. The second kappa shape index (κ2) is 7.44. The van der Waals surface area contributed by atoms with Crippen LogP contribution in [0.2, 0.25) is 0 Å². The smallest absolute Gasteiger partial charge is 0.409 e. The average Bonchev–Trinajstić information content (AvgIpc) is 3.06. The first-order valence-corrected chi connectivity index (χ1v) is 8.29. The first-order chi connectivity index (χ1) is 11.7. The lowest BCUT2D eigenvalue weighted by molar-refractivity contribution is 0.115. The Hall–Kier alpha value is -2.41. The van der Waals surface area contributed by atoms with Crippen LogP contribution in [0, 0.1) is 0 Å². The standard InChI is InChI=1S/C17H22N4O3/c1-2-24-17(23)20-9-7-14(12-20)18-8-10-21-16(22)15-6-4-3-5-13(15)11-19-21/h3-6,11,14,18H,2,7-10,12H2,1H3. The van der Waals surface area contributed by atoms with Crippen molar-refractivity contribution >= 4 is 16.9 Å². The predicted octanol–water partition coefficient (Wildman–Crippen LogP) is 1.22. The molecule has 1 aliphatic heterocycles. The van der Waals surface area contributed by atoms with E-state index >= 15 is 0 Å². The molecule has 1 aromatic heterocycles. The summed E-state index contributed by atoms with van der Waals surface area (Å²) in [7, 11) is 0. The molecule has 1 atom stereocenters. The number of fused-ring (bicyclic) bond motifs is 1. The number of likely N-dealkylation sites (tertiary alicyclic amines) is 1. The van der Waals surface area contributed by atoms with Crippen molar-refractivity contribution in [2.45, 2.75) is 25.9 Å². The second-order valence-corrected chi connectivity index (χ2v) is 5.84. The molecule has 1 aliphatic rings. The molecule has 1 N–H and O–H groups in total. The van der Waals surface area contributed by atoms with Gasteiger partial charge in [0.05, 0.1) is 24.7 Å². The highest BCUT2D eigenvalue weighted by Crippen LogP contribution is 2.10. The van der Waals surface area contributed by atoms with Crippen molar-refractivity contribution in [1.29, 1.82) is 0 Å². The third kappa shape index (κ3) is 3.56. The van der Waals surface area contributed by atoms with Crippen molar-refractivity contribution in [2.75, 3.05) is 26.2 Å². The van der Waals surface area contributed by atoms with Crippen LogP contribution in [0.15, 0.2) is 35.3 Å². The van der Waals surface area contributed by atoms with Crippen molar-refractivity contribution in [1.82, 2.24) is 20.0 Å². The minimum absolute atomic E-state index is 0.0746. The number of aromatic nitrogens is 2. The highest BCUT2D eigenvalue weighted by molar-refractivity contribution is 5.80. The van der Waals surface area contributed by atoms with E-state index in [0.717, 1.165) is 11.8 Å². The van der Waals surface area contributed by atoms with Gasteiger partial charge < -0.3 is 15.0 Å². The van der Waals surface area contributed by atoms with Gasteiger partial charge in [0.25, 0.3) is 5.56 Å². The SMILES string of the molecule is CCOC(=O)N1CCC(NCCn2ncc3ccccc3c2=O)C1. The van der Waals surface area contributed by atoms with Crippen LogP contribution < -0.4 is 10.9 Å². The molecule has 1 aromatic carbocycles. The van der Waals surface area contributed by atoms with Gasteiger partial charge in [-0.05, 0) is 19.4 Å². The lowest BCUT2D eigenvalue weighted by Crippen LogP contribution is -2.38. The summed E-state index contributed by atoms with van der Waals surface area (Å²) in [6, 6.07) is 7.68. The van der Waals surface area contributed by atoms with Gasteiger partial charge in [0.2, 0.25) is 0 Å². The largest absolute Gasteiger partial charge is 0.450 e. The number of carbonyl (C=O) groups is 1. The van der Waals surface area contributed by atoms with Crippen molar-refractivity contribution in [3.63, 3.8) is 0 Å². The molecule has 0 saturated carbocycles. The summed E-state index contributed by atoms with van der Waals surface area (Å²) in [5, 5.41) is 9.14. The van der Waals surface area contributed by atoms with Gasteiger partial charge in [-0.25, -0.2) is 9.48 Å². The van der Waals surface area contributed by atoms with Gasteiger partial charge in [0, 0.05) is 31.1 Å². The molecule has 0 bridgehead atoms. The molecule has 0 spiro atoms. The molecular formula is C17H22N4O3. The first-order valence-electron chi connectivity index (χ1n) is 8.29. The number of hydrogen-bond donors (Lipinski definition) is 1. The van der Waals surface area contributed by atoms with Crippen LogP contribution in [0.4, 0.5) is 4.79 Å². The summed E-state index contributed by atoms with van der Waals surface area (Å²) in [6.07, 6.45) is 2.35. The fraction of sp³-hybridized carbons (Fsp3) is 0.471. The normalized spacial score (nSPS) is 17.4. The Labute approximate surface area is 140 Å². The Morgan fingerprint density at radius 2 is 2.25 bits per heavy atom. The van der Waals surface area contributed by atoms with Crippen molar-refractivity contribution in [3.05, 3.63) is 40.8 Å². The molecule has 1 saturated heterocycles. The van der Waals surface area contributed by atoms with E-state index < -0.39 is 0 Å². The molecule has 0 radical (unpaired) electrons. The molecule has 2 aromatic rings. The van der Waals surface area contributed by atoms with Crippen molar-refractivity contribution in [2.24, 2.45) is 0 Å². The Balaban J connectivity index is 1.53. The number of nitrogens with zero attached hydrogens (tertiary/aromatic N) is 3. The maximum atomic E-state index is 12.4. The molecule has 3 rings (SSSR count). The van der Waals surface area contributed by atoms with Gasteiger partial charge >= 0.3 is 6.09 Å². The molecule has 2 heterocycles. The van der Waals surface area contributed by atoms with Crippen LogP contribution in [0.5, 0.6) is 0 Å². The number of rotatable bonds is 5. The van der Waals surface area contributed by atoms with Crippen LogP contribution in [-0.4, -0.2) is 53.1 Å². The zero-order valence-corrected chi connectivity index (χ0v) is 13.8. The Bertz CT molecular complexity index is 774. The molecule has 24 heavy (non-hydrogen) atoms. The lowest BCUT2D eigenvalue weighted by Gasteiger charge is -2.16. The predicted molar refractivity (Wildman–Crippen MR) is 91.0 cm³/mol. The summed E-state index contributed by atoms with van der Waals surface area (Å²) in [5.41, 5.74) is -0.0746. The van der Waals surface area contributed by atoms with E-state index in [4.69, 9.17) is 4.74 Å². The Morgan fingerprint density at radius 3 is 3.08 bits per heavy atom. The molecule has 1 unspecified atom stereocenters. The first kappa shape index (κ1) is 16.4. The fourth-order valence-corrected chi connectivity index (χ4v) is 2.97. The fourth-order valence-electron chi connectivity index (χ4n) is 2.97. The van der Waals surface area contributed by atoms with Crippen LogP contribution in [-0.2, 0) is 11.3 Å². The van der Waals surface area contributed by atoms with Crippen LogP contribution >= 0.6 is 0 Å². The molecule has 128 valence electrons. The maximum absolute atomic E-state index is 12.4. The quantitative estimate of drug-likeness (QED) is 0.892. The number of ether oxygens (including phenoxy) is 1. The molecule has 1 fully saturated rings. The van der Waals surface area contributed by atoms with Crippen molar-refractivity contribution < 1.29 is 9.53 Å². The van der Waals surface area contributed by atoms with Gasteiger partial charge in [-0.2, -0.15) is 5.10 Å².